The molecule has 2 aromatic rings. The van der Waals surface area contributed by atoms with Crippen molar-refractivity contribution in [2.45, 2.75) is 37.6 Å². The lowest BCUT2D eigenvalue weighted by Gasteiger charge is -2.39. The number of nitrogens with zero attached hydrogens (tertiary/aromatic N) is 4. The first-order valence-corrected chi connectivity index (χ1v) is 9.48. The van der Waals surface area contributed by atoms with Gasteiger partial charge in [0.05, 0.1) is 5.52 Å². The number of para-hydroxylation sites is 1. The Kier molecular flexibility index (Phi) is 4.76. The number of ether oxygens (including phenoxy) is 1. The molecule has 1 atom stereocenters. The number of carbonyl (C=O) groups excluding carboxylic acids is 1. The minimum atomic E-state index is 0.0965. The molecule has 0 saturated carbocycles. The summed E-state index contributed by atoms with van der Waals surface area (Å²) in [6.45, 7) is 2.81. The van der Waals surface area contributed by atoms with E-state index in [9.17, 15) is 4.79 Å². The van der Waals surface area contributed by atoms with E-state index in [1.54, 1.807) is 13.4 Å². The minimum absolute atomic E-state index is 0.0965. The van der Waals surface area contributed by atoms with E-state index in [1.807, 2.05) is 17.0 Å². The fourth-order valence-corrected chi connectivity index (χ4v) is 4.64. The van der Waals surface area contributed by atoms with E-state index >= 15 is 0 Å². The summed E-state index contributed by atoms with van der Waals surface area (Å²) in [7, 11) is 1.58. The molecule has 0 unspecified atom stereocenters. The molecule has 1 aromatic heterocycles. The predicted molar refractivity (Wildman–Crippen MR) is 101 cm³/mol. The second-order valence-electron chi connectivity index (χ2n) is 7.36. The highest BCUT2D eigenvalue weighted by Gasteiger charge is 2.43. The maximum absolute atomic E-state index is 12.2. The summed E-state index contributed by atoms with van der Waals surface area (Å²) in [5.41, 5.74) is 1.09. The molecule has 0 N–H and O–H groups in total. The van der Waals surface area contributed by atoms with Crippen LogP contribution in [0.3, 0.4) is 0 Å². The summed E-state index contributed by atoms with van der Waals surface area (Å²) in [4.78, 5) is 25.8. The summed E-state index contributed by atoms with van der Waals surface area (Å²) < 4.78 is 5.03. The maximum atomic E-state index is 12.2. The summed E-state index contributed by atoms with van der Waals surface area (Å²) in [6.07, 6.45) is 7.12. The number of methoxy groups -OCH3 is 1. The van der Waals surface area contributed by atoms with Gasteiger partial charge in [-0.25, -0.2) is 9.97 Å². The fourth-order valence-electron chi connectivity index (χ4n) is 4.64. The number of aromatic nitrogens is 2. The van der Waals surface area contributed by atoms with Gasteiger partial charge in [0.15, 0.2) is 0 Å². The molecule has 4 rings (SSSR count). The van der Waals surface area contributed by atoms with Gasteiger partial charge in [-0.15, -0.1) is 0 Å². The molecule has 2 aliphatic rings. The third-order valence-electron chi connectivity index (χ3n) is 5.91. The van der Waals surface area contributed by atoms with Crippen molar-refractivity contribution in [3.63, 3.8) is 0 Å². The zero-order valence-electron chi connectivity index (χ0n) is 15.4. The fraction of sp³-hybridized carbons (Fsp3) is 0.550. The van der Waals surface area contributed by atoms with Crippen molar-refractivity contribution in [2.75, 3.05) is 38.3 Å². The average Bonchev–Trinajstić information content (AvgIpc) is 2.94. The molecule has 138 valence electrons. The van der Waals surface area contributed by atoms with Crippen molar-refractivity contribution in [1.82, 2.24) is 14.9 Å². The van der Waals surface area contributed by atoms with Gasteiger partial charge in [0.1, 0.15) is 18.8 Å². The van der Waals surface area contributed by atoms with E-state index in [1.165, 1.54) is 6.42 Å². The standard InChI is InChI=1S/C20H26N4O2/c1-26-14-18(25)23-11-4-8-20(10-13-23)9-5-12-24(20)19-16-6-2-3-7-17(16)21-15-22-19/h2-3,6-7,15H,4-5,8-14H2,1H3/t20-/m1/s1. The number of benzene rings is 1. The molecule has 2 saturated heterocycles. The second kappa shape index (κ2) is 7.19. The van der Waals surface area contributed by atoms with Gasteiger partial charge in [-0.2, -0.15) is 0 Å². The number of fused-ring (bicyclic) bond motifs is 1. The largest absolute Gasteiger partial charge is 0.375 e. The zero-order chi connectivity index (χ0) is 18.0. The molecule has 0 radical (unpaired) electrons. The van der Waals surface area contributed by atoms with E-state index < -0.39 is 0 Å². The highest BCUT2D eigenvalue weighted by molar-refractivity contribution is 5.89. The van der Waals surface area contributed by atoms with Crippen molar-refractivity contribution >= 4 is 22.6 Å². The van der Waals surface area contributed by atoms with Crippen LogP contribution in [0.25, 0.3) is 10.9 Å². The van der Waals surface area contributed by atoms with Gasteiger partial charge < -0.3 is 14.5 Å². The second-order valence-corrected chi connectivity index (χ2v) is 7.36. The lowest BCUT2D eigenvalue weighted by atomic mass is 9.87. The van der Waals surface area contributed by atoms with Crippen molar-refractivity contribution in [2.24, 2.45) is 0 Å². The van der Waals surface area contributed by atoms with Gasteiger partial charge in [-0.1, -0.05) is 12.1 Å². The Balaban J connectivity index is 1.62. The number of hydrogen-bond acceptors (Lipinski definition) is 5. The van der Waals surface area contributed by atoms with Crippen LogP contribution in [0.4, 0.5) is 5.82 Å². The summed E-state index contributed by atoms with van der Waals surface area (Å²) in [6, 6.07) is 8.23. The van der Waals surface area contributed by atoms with Crippen LogP contribution in [-0.4, -0.2) is 59.7 Å². The minimum Gasteiger partial charge on any atom is -0.375 e. The Morgan fingerprint density at radius 3 is 2.77 bits per heavy atom. The van der Waals surface area contributed by atoms with Crippen LogP contribution in [0.5, 0.6) is 0 Å². The Bertz CT molecular complexity index is 791. The first-order chi connectivity index (χ1) is 12.7. The highest BCUT2D eigenvalue weighted by Crippen LogP contribution is 2.42. The molecule has 6 heteroatoms. The summed E-state index contributed by atoms with van der Waals surface area (Å²) >= 11 is 0. The van der Waals surface area contributed by atoms with E-state index in [0.29, 0.717) is 0 Å². The molecule has 1 amide bonds. The number of carbonyl (C=O) groups is 1. The van der Waals surface area contributed by atoms with E-state index in [0.717, 1.165) is 62.0 Å². The Morgan fingerprint density at radius 2 is 1.92 bits per heavy atom. The van der Waals surface area contributed by atoms with Gasteiger partial charge in [0.2, 0.25) is 5.91 Å². The SMILES string of the molecule is COCC(=O)N1CCC[C@@]2(CCCN2c2ncnc3ccccc23)CC1. The van der Waals surface area contributed by atoms with Crippen molar-refractivity contribution < 1.29 is 9.53 Å². The molecule has 3 heterocycles. The van der Waals surface area contributed by atoms with Crippen LogP contribution >= 0.6 is 0 Å². The molecular weight excluding hydrogens is 328 g/mol. The third kappa shape index (κ3) is 3.03. The predicted octanol–water partition coefficient (Wildman–Crippen LogP) is 2.63. The molecule has 0 aliphatic carbocycles. The first-order valence-electron chi connectivity index (χ1n) is 9.48. The summed E-state index contributed by atoms with van der Waals surface area (Å²) in [5.74, 6) is 1.14. The van der Waals surface area contributed by atoms with Crippen molar-refractivity contribution in [1.29, 1.82) is 0 Å². The Morgan fingerprint density at radius 1 is 1.12 bits per heavy atom. The number of rotatable bonds is 3. The number of anilines is 1. The zero-order valence-corrected chi connectivity index (χ0v) is 15.4. The number of hydrogen-bond donors (Lipinski definition) is 0. The van der Waals surface area contributed by atoms with Crippen LogP contribution in [-0.2, 0) is 9.53 Å². The Labute approximate surface area is 154 Å². The highest BCUT2D eigenvalue weighted by atomic mass is 16.5. The topological polar surface area (TPSA) is 58.6 Å². The molecule has 2 aliphatic heterocycles. The van der Waals surface area contributed by atoms with Crippen LogP contribution in [0, 0.1) is 0 Å². The molecule has 0 bridgehead atoms. The quantitative estimate of drug-likeness (QED) is 0.848. The first kappa shape index (κ1) is 17.2. The lowest BCUT2D eigenvalue weighted by Crippen LogP contribution is -2.45. The molecule has 2 fully saturated rings. The average molecular weight is 354 g/mol. The van der Waals surface area contributed by atoms with Crippen LogP contribution < -0.4 is 4.90 Å². The Hall–Kier alpha value is -2.21. The van der Waals surface area contributed by atoms with Crippen molar-refractivity contribution in [3.8, 4) is 0 Å². The van der Waals surface area contributed by atoms with Crippen LogP contribution in [0.2, 0.25) is 0 Å². The van der Waals surface area contributed by atoms with E-state index in [2.05, 4.69) is 27.0 Å². The number of amides is 1. The van der Waals surface area contributed by atoms with Gasteiger partial charge >= 0.3 is 0 Å². The van der Waals surface area contributed by atoms with Gasteiger partial charge in [-0.05, 0) is 44.2 Å². The third-order valence-corrected chi connectivity index (χ3v) is 5.91. The van der Waals surface area contributed by atoms with Crippen LogP contribution in [0.1, 0.15) is 32.1 Å². The van der Waals surface area contributed by atoms with E-state index in [4.69, 9.17) is 4.74 Å². The lowest BCUT2D eigenvalue weighted by molar-refractivity contribution is -0.135. The van der Waals surface area contributed by atoms with Gasteiger partial charge in [0.25, 0.3) is 0 Å². The van der Waals surface area contributed by atoms with E-state index in [-0.39, 0.29) is 18.1 Å². The summed E-state index contributed by atoms with van der Waals surface area (Å²) in [5, 5.41) is 1.12. The molecule has 6 nitrogen and oxygen atoms in total. The monoisotopic (exact) mass is 354 g/mol. The van der Waals surface area contributed by atoms with Gasteiger partial charge in [0, 0.05) is 37.7 Å². The van der Waals surface area contributed by atoms with Crippen molar-refractivity contribution in [3.05, 3.63) is 30.6 Å². The maximum Gasteiger partial charge on any atom is 0.248 e. The molecule has 1 spiro atoms. The number of likely N-dealkylation sites (tertiary alicyclic amines) is 1. The molecular formula is C20H26N4O2. The van der Waals surface area contributed by atoms with Gasteiger partial charge in [-0.3, -0.25) is 4.79 Å². The van der Waals surface area contributed by atoms with Crippen LogP contribution in [0.15, 0.2) is 30.6 Å². The molecule has 1 aromatic carbocycles. The normalized spacial score (nSPS) is 23.6. The molecule has 26 heavy (non-hydrogen) atoms. The smallest absolute Gasteiger partial charge is 0.248 e.